The number of hydrogen-bond acceptors (Lipinski definition) is 5. The molecule has 3 aliphatic heterocycles. The van der Waals surface area contributed by atoms with Gasteiger partial charge in [0.15, 0.2) is 6.61 Å². The van der Waals surface area contributed by atoms with Gasteiger partial charge in [-0.1, -0.05) is 24.3 Å². The SMILES string of the molecule is NC(=O)COc1ccc(-c2csc3ccccc23)cc1CN1C[C@@H]2CC[C@H](C1)C(=O)N2. The summed E-state index contributed by atoms with van der Waals surface area (Å²) in [6.07, 6.45) is 1.97. The van der Waals surface area contributed by atoms with Crippen LogP contribution in [0.15, 0.2) is 47.8 Å². The maximum Gasteiger partial charge on any atom is 0.255 e. The second kappa shape index (κ2) is 8.32. The molecule has 3 aliphatic rings. The fraction of sp³-hybridized carbons (Fsp3) is 0.333. The van der Waals surface area contributed by atoms with Crippen LogP contribution >= 0.6 is 11.3 Å². The lowest BCUT2D eigenvalue weighted by Gasteiger charge is -2.23. The number of nitrogens with zero attached hydrogens (tertiary/aromatic N) is 1. The number of hydrogen-bond donors (Lipinski definition) is 2. The minimum atomic E-state index is -0.499. The molecule has 6 nitrogen and oxygen atoms in total. The summed E-state index contributed by atoms with van der Waals surface area (Å²) in [7, 11) is 0. The van der Waals surface area contributed by atoms with Crippen molar-refractivity contribution in [2.75, 3.05) is 19.7 Å². The molecule has 160 valence electrons. The number of amides is 2. The van der Waals surface area contributed by atoms with Crippen LogP contribution in [0.1, 0.15) is 18.4 Å². The first-order valence-corrected chi connectivity index (χ1v) is 11.5. The Balaban J connectivity index is 1.48. The quantitative estimate of drug-likeness (QED) is 0.623. The molecule has 2 bridgehead atoms. The number of carbonyl (C=O) groups excluding carboxylic acids is 2. The van der Waals surface area contributed by atoms with E-state index in [4.69, 9.17) is 10.5 Å². The van der Waals surface area contributed by atoms with Crippen LogP contribution in [0.4, 0.5) is 0 Å². The summed E-state index contributed by atoms with van der Waals surface area (Å²) in [4.78, 5) is 25.9. The molecule has 0 spiro atoms. The van der Waals surface area contributed by atoms with E-state index in [0.29, 0.717) is 12.3 Å². The molecule has 3 fully saturated rings. The summed E-state index contributed by atoms with van der Waals surface area (Å²) in [5.74, 6) is 0.375. The molecule has 4 heterocycles. The first-order valence-electron chi connectivity index (χ1n) is 10.6. The minimum Gasteiger partial charge on any atom is -0.483 e. The van der Waals surface area contributed by atoms with Crippen molar-refractivity contribution >= 4 is 33.2 Å². The third kappa shape index (κ3) is 4.16. The molecule has 31 heavy (non-hydrogen) atoms. The van der Waals surface area contributed by atoms with Gasteiger partial charge in [-0.25, -0.2) is 0 Å². The maximum absolute atomic E-state index is 12.2. The van der Waals surface area contributed by atoms with E-state index in [0.717, 1.165) is 37.1 Å². The highest BCUT2D eigenvalue weighted by Gasteiger charge is 2.34. The first-order chi connectivity index (χ1) is 15.1. The van der Waals surface area contributed by atoms with Crippen LogP contribution in [0.2, 0.25) is 0 Å². The molecule has 2 aromatic carbocycles. The third-order valence-electron chi connectivity index (χ3n) is 6.15. The van der Waals surface area contributed by atoms with Crippen LogP contribution in [0.3, 0.4) is 0 Å². The zero-order chi connectivity index (χ0) is 21.4. The number of nitrogens with one attached hydrogen (secondary N) is 1. The molecule has 6 rings (SSSR count). The molecule has 3 N–H and O–H groups in total. The highest BCUT2D eigenvalue weighted by Crippen LogP contribution is 2.36. The van der Waals surface area contributed by atoms with E-state index in [9.17, 15) is 9.59 Å². The third-order valence-corrected chi connectivity index (χ3v) is 7.12. The standard InChI is InChI=1S/C24H25N3O3S/c25-23(28)13-30-21-8-6-15(20-14-31-22-4-2-1-3-19(20)22)9-17(21)11-27-10-16-5-7-18(12-27)26-24(16)29/h1-4,6,8-9,14,16,18H,5,7,10-13H2,(H2,25,28)(H,26,29)/t16-,18+/m1/s1. The summed E-state index contributed by atoms with van der Waals surface area (Å²) in [5, 5.41) is 6.54. The van der Waals surface area contributed by atoms with E-state index in [1.165, 1.54) is 15.6 Å². The zero-order valence-electron chi connectivity index (χ0n) is 17.2. The van der Waals surface area contributed by atoms with Crippen LogP contribution in [-0.2, 0) is 16.1 Å². The fourth-order valence-electron chi connectivity index (χ4n) is 4.67. The molecule has 0 unspecified atom stereocenters. The largest absolute Gasteiger partial charge is 0.483 e. The predicted octanol–water partition coefficient (Wildman–Crippen LogP) is 3.14. The van der Waals surface area contributed by atoms with Crippen molar-refractivity contribution < 1.29 is 14.3 Å². The number of rotatable bonds is 6. The Morgan fingerprint density at radius 2 is 2.06 bits per heavy atom. The van der Waals surface area contributed by atoms with Gasteiger partial charge in [0, 0.05) is 46.9 Å². The van der Waals surface area contributed by atoms with Gasteiger partial charge < -0.3 is 15.8 Å². The summed E-state index contributed by atoms with van der Waals surface area (Å²) < 4.78 is 6.99. The number of benzene rings is 2. The van der Waals surface area contributed by atoms with Gasteiger partial charge >= 0.3 is 0 Å². The van der Waals surface area contributed by atoms with Crippen LogP contribution in [0.5, 0.6) is 5.75 Å². The minimum absolute atomic E-state index is 0.0396. The van der Waals surface area contributed by atoms with E-state index >= 15 is 0 Å². The Morgan fingerprint density at radius 3 is 2.90 bits per heavy atom. The Kier molecular flexibility index (Phi) is 5.38. The number of nitrogens with two attached hydrogens (primary N) is 1. The first kappa shape index (κ1) is 20.0. The second-order valence-electron chi connectivity index (χ2n) is 8.40. The molecule has 2 amide bonds. The highest BCUT2D eigenvalue weighted by molar-refractivity contribution is 7.17. The lowest BCUT2D eigenvalue weighted by atomic mass is 9.96. The van der Waals surface area contributed by atoms with Crippen molar-refractivity contribution in [3.8, 4) is 16.9 Å². The Morgan fingerprint density at radius 1 is 1.19 bits per heavy atom. The Hall–Kier alpha value is -2.90. The molecule has 0 aliphatic carbocycles. The van der Waals surface area contributed by atoms with Crippen molar-refractivity contribution in [1.29, 1.82) is 0 Å². The number of piperidine rings is 1. The number of carbonyl (C=O) groups is 2. The van der Waals surface area contributed by atoms with Gasteiger partial charge in [-0.3, -0.25) is 14.5 Å². The second-order valence-corrected chi connectivity index (χ2v) is 9.31. The lowest BCUT2D eigenvalue weighted by molar-refractivity contribution is -0.127. The predicted molar refractivity (Wildman–Crippen MR) is 122 cm³/mol. The monoisotopic (exact) mass is 435 g/mol. The van der Waals surface area contributed by atoms with Crippen molar-refractivity contribution in [2.24, 2.45) is 11.7 Å². The van der Waals surface area contributed by atoms with E-state index in [2.05, 4.69) is 45.9 Å². The van der Waals surface area contributed by atoms with Crippen molar-refractivity contribution in [3.63, 3.8) is 0 Å². The summed E-state index contributed by atoms with van der Waals surface area (Å²) >= 11 is 1.73. The maximum atomic E-state index is 12.2. The lowest BCUT2D eigenvalue weighted by Crippen LogP contribution is -2.43. The van der Waals surface area contributed by atoms with Crippen LogP contribution in [0, 0.1) is 5.92 Å². The van der Waals surface area contributed by atoms with Crippen molar-refractivity contribution in [3.05, 3.63) is 53.4 Å². The van der Waals surface area contributed by atoms with E-state index in [1.807, 2.05) is 12.1 Å². The summed E-state index contributed by atoms with van der Waals surface area (Å²) in [5.41, 5.74) is 8.62. The molecule has 0 saturated carbocycles. The molecule has 3 saturated heterocycles. The van der Waals surface area contributed by atoms with Crippen molar-refractivity contribution in [2.45, 2.75) is 25.4 Å². The van der Waals surface area contributed by atoms with Gasteiger partial charge in [0.05, 0.1) is 5.92 Å². The van der Waals surface area contributed by atoms with E-state index in [-0.39, 0.29) is 24.5 Å². The average molecular weight is 436 g/mol. The normalized spacial score (nSPS) is 21.1. The summed E-state index contributed by atoms with van der Waals surface area (Å²) in [6, 6.07) is 14.7. The highest BCUT2D eigenvalue weighted by atomic mass is 32.1. The summed E-state index contributed by atoms with van der Waals surface area (Å²) in [6.45, 7) is 2.07. The average Bonchev–Trinajstić information content (AvgIpc) is 3.01. The van der Waals surface area contributed by atoms with Gasteiger partial charge in [-0.05, 0) is 42.0 Å². The molecular formula is C24H25N3O3S. The van der Waals surface area contributed by atoms with Gasteiger partial charge in [0.1, 0.15) is 5.75 Å². The number of primary amides is 1. The molecule has 7 heteroatoms. The van der Waals surface area contributed by atoms with E-state index < -0.39 is 5.91 Å². The molecule has 1 aromatic heterocycles. The van der Waals surface area contributed by atoms with Gasteiger partial charge in [-0.2, -0.15) is 0 Å². The van der Waals surface area contributed by atoms with Crippen LogP contribution in [0.25, 0.3) is 21.2 Å². The number of ether oxygens (including phenoxy) is 1. The number of thiophene rings is 1. The van der Waals surface area contributed by atoms with Crippen LogP contribution in [-0.4, -0.2) is 42.5 Å². The topological polar surface area (TPSA) is 84.7 Å². The van der Waals surface area contributed by atoms with Gasteiger partial charge in [0.25, 0.3) is 5.91 Å². The molecule has 0 radical (unpaired) electrons. The fourth-order valence-corrected chi connectivity index (χ4v) is 5.64. The number of fused-ring (bicyclic) bond motifs is 5. The molecular weight excluding hydrogens is 410 g/mol. The Labute approximate surface area is 185 Å². The smallest absolute Gasteiger partial charge is 0.255 e. The molecule has 3 aromatic rings. The van der Waals surface area contributed by atoms with Crippen LogP contribution < -0.4 is 15.8 Å². The molecule has 2 atom stereocenters. The Bertz CT molecular complexity index is 1140. The van der Waals surface area contributed by atoms with Crippen molar-refractivity contribution in [1.82, 2.24) is 10.2 Å². The van der Waals surface area contributed by atoms with E-state index in [1.54, 1.807) is 11.3 Å². The van der Waals surface area contributed by atoms with Gasteiger partial charge in [0.2, 0.25) is 5.91 Å². The zero-order valence-corrected chi connectivity index (χ0v) is 18.0. The van der Waals surface area contributed by atoms with Gasteiger partial charge in [-0.15, -0.1) is 11.3 Å².